The number of methoxy groups -OCH3 is 1. The molecule has 0 aliphatic carbocycles. The Kier molecular flexibility index (Phi) is 7.55. The van der Waals surface area contributed by atoms with Gasteiger partial charge < -0.3 is 14.9 Å². The van der Waals surface area contributed by atoms with Crippen LogP contribution in [0.4, 0.5) is 0 Å². The summed E-state index contributed by atoms with van der Waals surface area (Å²) in [6.07, 6.45) is 2.91. The highest BCUT2D eigenvalue weighted by atomic mass is 32.1. The molecular weight excluding hydrogens is 438 g/mol. The van der Waals surface area contributed by atoms with E-state index in [9.17, 15) is 15.0 Å². The zero-order chi connectivity index (χ0) is 23.2. The van der Waals surface area contributed by atoms with Crippen molar-refractivity contribution < 1.29 is 19.7 Å². The van der Waals surface area contributed by atoms with E-state index in [1.165, 1.54) is 11.3 Å². The number of aromatic nitrogens is 2. The summed E-state index contributed by atoms with van der Waals surface area (Å²) in [6.45, 7) is 1.80. The second-order valence-electron chi connectivity index (χ2n) is 8.28. The zero-order valence-electron chi connectivity index (χ0n) is 18.5. The second-order valence-corrected chi connectivity index (χ2v) is 9.00. The number of benzene rings is 1. The van der Waals surface area contributed by atoms with Gasteiger partial charge in [0.2, 0.25) is 0 Å². The normalized spacial score (nSPS) is 19.6. The highest BCUT2D eigenvalue weighted by molar-refractivity contribution is 7.07. The van der Waals surface area contributed by atoms with E-state index in [1.807, 2.05) is 29.6 Å². The molecule has 33 heavy (non-hydrogen) atoms. The summed E-state index contributed by atoms with van der Waals surface area (Å²) in [4.78, 5) is 22.6. The summed E-state index contributed by atoms with van der Waals surface area (Å²) in [5.41, 5.74) is 4.08. The summed E-state index contributed by atoms with van der Waals surface area (Å²) in [5, 5.41) is 23.5. The third kappa shape index (κ3) is 5.69. The molecule has 0 bridgehead atoms. The number of aliphatic hydroxyl groups excluding tert-OH is 1. The van der Waals surface area contributed by atoms with Crippen LogP contribution in [0.2, 0.25) is 0 Å². The average Bonchev–Trinajstić information content (AvgIpc) is 3.35. The van der Waals surface area contributed by atoms with Crippen molar-refractivity contribution in [1.29, 1.82) is 0 Å². The number of fused-ring (bicyclic) bond motifs is 1. The van der Waals surface area contributed by atoms with Crippen LogP contribution < -0.4 is 4.74 Å². The number of likely N-dealkylation sites (tertiary alicyclic amines) is 1. The average molecular weight is 466 g/mol. The minimum Gasteiger partial charge on any atom is -0.497 e. The number of carbonyl (C=O) groups is 1. The first-order chi connectivity index (χ1) is 16.0. The van der Waals surface area contributed by atoms with Gasteiger partial charge in [0.05, 0.1) is 36.7 Å². The Balaban J connectivity index is 1.38. The zero-order valence-corrected chi connectivity index (χ0v) is 19.3. The van der Waals surface area contributed by atoms with Crippen LogP contribution in [0.3, 0.4) is 0 Å². The lowest BCUT2D eigenvalue weighted by Crippen LogP contribution is -2.44. The molecule has 8 heteroatoms. The number of piperidine rings is 1. The van der Waals surface area contributed by atoms with Crippen molar-refractivity contribution in [3.63, 3.8) is 0 Å². The lowest BCUT2D eigenvalue weighted by Gasteiger charge is -2.36. The molecule has 172 valence electrons. The predicted octanol–water partition coefficient (Wildman–Crippen LogP) is 3.59. The van der Waals surface area contributed by atoms with Crippen LogP contribution in [0.25, 0.3) is 10.9 Å². The maximum Gasteiger partial charge on any atom is 0.308 e. The van der Waals surface area contributed by atoms with E-state index in [0.29, 0.717) is 31.7 Å². The molecular formula is C25H27N3O4S. The van der Waals surface area contributed by atoms with Crippen molar-refractivity contribution in [2.24, 2.45) is 11.8 Å². The van der Waals surface area contributed by atoms with Crippen LogP contribution in [0.15, 0.2) is 41.4 Å². The molecule has 1 aliphatic heterocycles. The third-order valence-corrected chi connectivity index (χ3v) is 6.85. The largest absolute Gasteiger partial charge is 0.497 e. The molecule has 7 nitrogen and oxygen atoms in total. The van der Waals surface area contributed by atoms with Gasteiger partial charge in [0, 0.05) is 23.5 Å². The molecule has 0 radical (unpaired) electrons. The molecule has 1 aliphatic rings. The Labute approximate surface area is 197 Å². The third-order valence-electron chi connectivity index (χ3n) is 6.26. The van der Waals surface area contributed by atoms with Crippen molar-refractivity contribution in [1.82, 2.24) is 14.9 Å². The van der Waals surface area contributed by atoms with Crippen molar-refractivity contribution in [3.05, 3.63) is 52.6 Å². The van der Waals surface area contributed by atoms with Gasteiger partial charge in [-0.1, -0.05) is 5.92 Å². The number of thiazole rings is 1. The fourth-order valence-corrected chi connectivity index (χ4v) is 4.93. The van der Waals surface area contributed by atoms with Gasteiger partial charge in [-0.3, -0.25) is 14.7 Å². The molecule has 0 unspecified atom stereocenters. The number of hydrogen-bond acceptors (Lipinski definition) is 7. The first kappa shape index (κ1) is 23.2. The number of hydrogen-bond donors (Lipinski definition) is 2. The minimum atomic E-state index is -0.786. The Bertz CT molecular complexity index is 1160. The molecule has 0 amide bonds. The van der Waals surface area contributed by atoms with Crippen molar-refractivity contribution >= 4 is 28.2 Å². The van der Waals surface area contributed by atoms with Gasteiger partial charge >= 0.3 is 5.97 Å². The Morgan fingerprint density at radius 1 is 1.36 bits per heavy atom. The topological polar surface area (TPSA) is 95.8 Å². The van der Waals surface area contributed by atoms with E-state index in [-0.39, 0.29) is 5.92 Å². The quantitative estimate of drug-likeness (QED) is 0.515. The standard InChI is InChI=1S/C25H27N3O4S/c1-32-19-5-6-23-21(13-19)20(8-10-26-23)24(29)7-4-17-9-12-28(14-22(17)25(30)31)11-2-3-18-15-33-16-27-18/h5-6,8,10,13,15-17,22,24,29H,4,7,9,11-12,14H2,1H3,(H,30,31)/t17-,22+,24-/m1/s1. The Morgan fingerprint density at radius 3 is 3.00 bits per heavy atom. The molecule has 0 saturated carbocycles. The van der Waals surface area contributed by atoms with E-state index in [0.717, 1.165) is 35.1 Å². The smallest absolute Gasteiger partial charge is 0.308 e. The SMILES string of the molecule is COc1ccc2nccc([C@H](O)CC[C@@H]3CCN(CC#Cc4cscn4)C[C@@H]3C(=O)O)c2c1. The first-order valence-electron chi connectivity index (χ1n) is 11.0. The fourth-order valence-electron chi connectivity index (χ4n) is 4.44. The lowest BCUT2D eigenvalue weighted by molar-refractivity contribution is -0.146. The van der Waals surface area contributed by atoms with Gasteiger partial charge in [-0.15, -0.1) is 11.3 Å². The lowest BCUT2D eigenvalue weighted by atomic mass is 9.81. The fraction of sp³-hybridized carbons (Fsp3) is 0.400. The van der Waals surface area contributed by atoms with E-state index in [2.05, 4.69) is 26.7 Å². The Morgan fingerprint density at radius 2 is 2.24 bits per heavy atom. The van der Waals surface area contributed by atoms with Crippen LogP contribution in [0.1, 0.15) is 36.6 Å². The van der Waals surface area contributed by atoms with E-state index < -0.39 is 18.0 Å². The number of ether oxygens (including phenoxy) is 1. The molecule has 3 aromatic rings. The van der Waals surface area contributed by atoms with Crippen LogP contribution in [-0.4, -0.2) is 57.8 Å². The van der Waals surface area contributed by atoms with Crippen LogP contribution >= 0.6 is 11.3 Å². The maximum absolute atomic E-state index is 12.0. The van der Waals surface area contributed by atoms with Gasteiger partial charge in [0.1, 0.15) is 11.4 Å². The van der Waals surface area contributed by atoms with Crippen LogP contribution in [0, 0.1) is 23.7 Å². The molecule has 4 rings (SSSR count). The molecule has 0 spiro atoms. The number of carboxylic acids is 1. The predicted molar refractivity (Wildman–Crippen MR) is 127 cm³/mol. The van der Waals surface area contributed by atoms with Crippen LogP contribution in [-0.2, 0) is 4.79 Å². The van der Waals surface area contributed by atoms with Gasteiger partial charge in [0.15, 0.2) is 0 Å². The minimum absolute atomic E-state index is 0.0162. The molecule has 3 heterocycles. The summed E-state index contributed by atoms with van der Waals surface area (Å²) in [6, 6.07) is 7.42. The number of aliphatic hydroxyl groups is 1. The number of nitrogens with zero attached hydrogens (tertiary/aromatic N) is 3. The van der Waals surface area contributed by atoms with Gasteiger partial charge in [-0.05, 0) is 67.5 Å². The summed E-state index contributed by atoms with van der Waals surface area (Å²) >= 11 is 1.50. The number of rotatable bonds is 7. The monoisotopic (exact) mass is 465 g/mol. The van der Waals surface area contributed by atoms with E-state index in [4.69, 9.17) is 4.74 Å². The molecule has 2 aromatic heterocycles. The van der Waals surface area contributed by atoms with Gasteiger partial charge in [-0.25, -0.2) is 4.98 Å². The van der Waals surface area contributed by atoms with Crippen molar-refractivity contribution in [2.45, 2.75) is 25.4 Å². The molecule has 1 saturated heterocycles. The summed E-state index contributed by atoms with van der Waals surface area (Å²) in [5.74, 6) is 5.59. The van der Waals surface area contributed by atoms with E-state index in [1.54, 1.807) is 18.8 Å². The Hall–Kier alpha value is -2.99. The molecule has 1 fully saturated rings. The van der Waals surface area contributed by atoms with Crippen LogP contribution in [0.5, 0.6) is 5.75 Å². The molecule has 1 aromatic carbocycles. The summed E-state index contributed by atoms with van der Waals surface area (Å²) in [7, 11) is 1.61. The number of pyridine rings is 1. The van der Waals surface area contributed by atoms with E-state index >= 15 is 0 Å². The highest BCUT2D eigenvalue weighted by Gasteiger charge is 2.34. The van der Waals surface area contributed by atoms with Gasteiger partial charge in [-0.2, -0.15) is 0 Å². The number of aliphatic carboxylic acids is 1. The highest BCUT2D eigenvalue weighted by Crippen LogP contribution is 2.33. The molecule has 2 N–H and O–H groups in total. The van der Waals surface area contributed by atoms with Gasteiger partial charge in [0.25, 0.3) is 0 Å². The molecule has 3 atom stereocenters. The van der Waals surface area contributed by atoms with Crippen molar-refractivity contribution in [2.75, 3.05) is 26.7 Å². The number of carboxylic acid groups (broad SMARTS) is 1. The maximum atomic E-state index is 12.0. The first-order valence-corrected chi connectivity index (χ1v) is 11.9. The second kappa shape index (κ2) is 10.8. The van der Waals surface area contributed by atoms with Crippen molar-refractivity contribution in [3.8, 4) is 17.6 Å². The summed E-state index contributed by atoms with van der Waals surface area (Å²) < 4.78 is 5.32.